The Balaban J connectivity index is 1.64. The third-order valence-electron chi connectivity index (χ3n) is 3.34. The molecule has 0 radical (unpaired) electrons. The summed E-state index contributed by atoms with van der Waals surface area (Å²) in [6, 6.07) is 9.02. The van der Waals surface area contributed by atoms with E-state index < -0.39 is 10.9 Å². The fourth-order valence-corrected chi connectivity index (χ4v) is 2.86. The summed E-state index contributed by atoms with van der Waals surface area (Å²) in [6.45, 7) is 0.192. The second-order valence-corrected chi connectivity index (χ2v) is 5.98. The van der Waals surface area contributed by atoms with Crippen molar-refractivity contribution in [1.82, 2.24) is 29.5 Å². The highest BCUT2D eigenvalue weighted by Gasteiger charge is 2.17. The van der Waals surface area contributed by atoms with Gasteiger partial charge in [0.05, 0.1) is 5.75 Å². The lowest BCUT2D eigenvalue weighted by Crippen LogP contribution is -2.08. The highest BCUT2D eigenvalue weighted by Crippen LogP contribution is 2.18. The molecule has 0 saturated carbocycles. The Morgan fingerprint density at radius 1 is 1.28 bits per heavy atom. The number of ketones is 1. The summed E-state index contributed by atoms with van der Waals surface area (Å²) in [5.74, 6) is 0.326. The van der Waals surface area contributed by atoms with Crippen LogP contribution >= 0.6 is 11.8 Å². The summed E-state index contributed by atoms with van der Waals surface area (Å²) in [7, 11) is 1.76. The summed E-state index contributed by atoms with van der Waals surface area (Å²) in [5.41, 5.74) is 0.646. The van der Waals surface area contributed by atoms with Gasteiger partial charge in [0.25, 0.3) is 0 Å². The maximum Gasteiger partial charge on any atom is 0.490 e. The lowest BCUT2D eigenvalue weighted by atomic mass is 10.2. The van der Waals surface area contributed by atoms with Crippen LogP contribution in [0.2, 0.25) is 0 Å². The molecule has 1 aromatic carbocycles. The van der Waals surface area contributed by atoms with Crippen molar-refractivity contribution in [2.75, 3.05) is 5.75 Å². The standard InChI is InChI=1S/C14H13N7O3S/c1-19-12(7-20-9-15-13(18-20)21(23)24)16-17-14(19)25-8-11(22)10-5-3-2-4-6-10/h2-6,9H,7-8H2,1H3. The first kappa shape index (κ1) is 16.8. The molecule has 0 aliphatic carbocycles. The van der Waals surface area contributed by atoms with Crippen LogP contribution in [0.4, 0.5) is 5.95 Å². The number of rotatable bonds is 7. The molecule has 0 atom stereocenters. The zero-order chi connectivity index (χ0) is 17.8. The Kier molecular flexibility index (Phi) is 4.84. The molecular formula is C14H13N7O3S. The lowest BCUT2D eigenvalue weighted by Gasteiger charge is -2.03. The van der Waals surface area contributed by atoms with Gasteiger partial charge in [0.1, 0.15) is 6.54 Å². The zero-order valence-electron chi connectivity index (χ0n) is 13.1. The minimum absolute atomic E-state index is 0.00190. The van der Waals surface area contributed by atoms with E-state index in [1.807, 2.05) is 18.2 Å². The Labute approximate surface area is 146 Å². The fourth-order valence-electron chi connectivity index (χ4n) is 2.04. The molecule has 2 aromatic heterocycles. The van der Waals surface area contributed by atoms with Gasteiger partial charge in [0, 0.05) is 17.7 Å². The minimum Gasteiger partial charge on any atom is -0.390 e. The van der Waals surface area contributed by atoms with Crippen LogP contribution in [-0.4, -0.2) is 46.0 Å². The van der Waals surface area contributed by atoms with Gasteiger partial charge < -0.3 is 14.7 Å². The van der Waals surface area contributed by atoms with Gasteiger partial charge in [-0.1, -0.05) is 47.1 Å². The molecule has 0 aliphatic rings. The maximum absolute atomic E-state index is 12.1. The van der Waals surface area contributed by atoms with Crippen molar-refractivity contribution in [3.8, 4) is 0 Å². The van der Waals surface area contributed by atoms with Crippen molar-refractivity contribution in [2.24, 2.45) is 7.05 Å². The van der Waals surface area contributed by atoms with Gasteiger partial charge in [-0.15, -0.1) is 10.2 Å². The number of carbonyl (C=O) groups is 1. The monoisotopic (exact) mass is 359 g/mol. The summed E-state index contributed by atoms with van der Waals surface area (Å²) < 4.78 is 3.03. The van der Waals surface area contributed by atoms with E-state index in [1.165, 1.54) is 22.8 Å². The van der Waals surface area contributed by atoms with E-state index in [4.69, 9.17) is 0 Å². The Hall–Kier alpha value is -3.08. The van der Waals surface area contributed by atoms with Crippen LogP contribution in [0.15, 0.2) is 41.8 Å². The number of nitrogens with zero attached hydrogens (tertiary/aromatic N) is 7. The van der Waals surface area contributed by atoms with Crippen molar-refractivity contribution in [1.29, 1.82) is 0 Å². The molecule has 3 rings (SSSR count). The van der Waals surface area contributed by atoms with E-state index in [2.05, 4.69) is 20.3 Å². The number of hydrogen-bond acceptors (Lipinski definition) is 8. The second kappa shape index (κ2) is 7.21. The van der Waals surface area contributed by atoms with Crippen LogP contribution in [-0.2, 0) is 13.6 Å². The molecule has 0 unspecified atom stereocenters. The molecule has 0 spiro atoms. The quantitative estimate of drug-likeness (QED) is 0.268. The third kappa shape index (κ3) is 3.88. The smallest absolute Gasteiger partial charge is 0.390 e. The van der Waals surface area contributed by atoms with E-state index in [-0.39, 0.29) is 18.1 Å². The van der Waals surface area contributed by atoms with Gasteiger partial charge in [0.15, 0.2) is 16.8 Å². The molecule has 0 aliphatic heterocycles. The zero-order valence-corrected chi connectivity index (χ0v) is 14.0. The fraction of sp³-hybridized carbons (Fsp3) is 0.214. The normalized spacial score (nSPS) is 10.8. The summed E-state index contributed by atoms with van der Waals surface area (Å²) in [6.07, 6.45) is 1.26. The minimum atomic E-state index is -0.663. The van der Waals surface area contributed by atoms with Gasteiger partial charge >= 0.3 is 5.95 Å². The Morgan fingerprint density at radius 2 is 2.04 bits per heavy atom. The maximum atomic E-state index is 12.1. The van der Waals surface area contributed by atoms with Gasteiger partial charge in [-0.2, -0.15) is 4.68 Å². The number of thioether (sulfide) groups is 1. The SMILES string of the molecule is Cn1c(Cn2cnc([N+](=O)[O-])n2)nnc1SCC(=O)c1ccccc1. The molecular weight excluding hydrogens is 346 g/mol. The number of nitro groups is 1. The predicted octanol–water partition coefficient (Wildman–Crippen LogP) is 1.34. The summed E-state index contributed by atoms with van der Waals surface area (Å²) in [4.78, 5) is 25.7. The number of Topliss-reactive ketones (excluding diaryl/α,β-unsaturated/α-hetero) is 1. The van der Waals surface area contributed by atoms with Crippen LogP contribution in [0.1, 0.15) is 16.2 Å². The Morgan fingerprint density at radius 3 is 2.72 bits per heavy atom. The molecule has 25 heavy (non-hydrogen) atoms. The topological polar surface area (TPSA) is 122 Å². The van der Waals surface area contributed by atoms with Crippen LogP contribution in [0, 0.1) is 10.1 Å². The third-order valence-corrected chi connectivity index (χ3v) is 4.36. The molecule has 0 N–H and O–H groups in total. The first-order chi connectivity index (χ1) is 12.0. The van der Waals surface area contributed by atoms with Gasteiger partial charge in [-0.25, -0.2) is 0 Å². The van der Waals surface area contributed by atoms with Crippen molar-refractivity contribution in [3.63, 3.8) is 0 Å². The highest BCUT2D eigenvalue weighted by atomic mass is 32.2. The van der Waals surface area contributed by atoms with Crippen molar-refractivity contribution in [3.05, 3.63) is 58.2 Å². The average molecular weight is 359 g/mol. The van der Waals surface area contributed by atoms with Crippen LogP contribution in [0.25, 0.3) is 0 Å². The van der Waals surface area contributed by atoms with Crippen LogP contribution in [0.3, 0.4) is 0 Å². The summed E-state index contributed by atoms with van der Waals surface area (Å²) >= 11 is 1.28. The lowest BCUT2D eigenvalue weighted by molar-refractivity contribution is -0.394. The van der Waals surface area contributed by atoms with Gasteiger partial charge in [0.2, 0.25) is 6.33 Å². The number of benzene rings is 1. The van der Waals surface area contributed by atoms with Gasteiger partial charge in [-0.05, 0) is 4.92 Å². The van der Waals surface area contributed by atoms with Crippen molar-refractivity contribution < 1.29 is 9.72 Å². The largest absolute Gasteiger partial charge is 0.490 e. The second-order valence-electron chi connectivity index (χ2n) is 5.03. The first-order valence-corrected chi connectivity index (χ1v) is 8.16. The molecule has 0 fully saturated rings. The molecule has 10 nitrogen and oxygen atoms in total. The molecule has 128 valence electrons. The van der Waals surface area contributed by atoms with E-state index in [0.717, 1.165) is 0 Å². The van der Waals surface area contributed by atoms with E-state index >= 15 is 0 Å². The molecule has 11 heteroatoms. The van der Waals surface area contributed by atoms with Gasteiger partial charge in [-0.3, -0.25) is 4.79 Å². The van der Waals surface area contributed by atoms with E-state index in [1.54, 1.807) is 23.7 Å². The molecule has 0 saturated heterocycles. The van der Waals surface area contributed by atoms with Crippen molar-refractivity contribution >= 4 is 23.5 Å². The van der Waals surface area contributed by atoms with Crippen LogP contribution < -0.4 is 0 Å². The molecule has 0 amide bonds. The first-order valence-electron chi connectivity index (χ1n) is 7.17. The number of carbonyl (C=O) groups excluding carboxylic acids is 1. The van der Waals surface area contributed by atoms with E-state index in [0.29, 0.717) is 16.5 Å². The molecule has 0 bridgehead atoms. The number of hydrogen-bond donors (Lipinski definition) is 0. The van der Waals surface area contributed by atoms with Crippen molar-refractivity contribution in [2.45, 2.75) is 11.7 Å². The highest BCUT2D eigenvalue weighted by molar-refractivity contribution is 7.99. The predicted molar refractivity (Wildman–Crippen MR) is 88.3 cm³/mol. The molecule has 3 aromatic rings. The average Bonchev–Trinajstić information content (AvgIpc) is 3.22. The molecule has 2 heterocycles. The van der Waals surface area contributed by atoms with E-state index in [9.17, 15) is 14.9 Å². The van der Waals surface area contributed by atoms with Crippen LogP contribution in [0.5, 0.6) is 0 Å². The Bertz CT molecular complexity index is 906. The number of aromatic nitrogens is 6. The summed E-state index contributed by atoms with van der Waals surface area (Å²) in [5, 5.41) is 23.0.